The average Bonchev–Trinajstić information content (AvgIpc) is 3.43. The Hall–Kier alpha value is -2.71. The van der Waals surface area contributed by atoms with Crippen molar-refractivity contribution in [2.45, 2.75) is 31.9 Å². The molecular weight excluding hydrogens is 370 g/mol. The van der Waals surface area contributed by atoms with Crippen molar-refractivity contribution in [1.82, 2.24) is 19.6 Å². The number of amides is 2. The van der Waals surface area contributed by atoms with Crippen LogP contribution in [-0.4, -0.2) is 68.8 Å². The number of likely N-dealkylation sites (tertiary alicyclic amines) is 2. The maximum absolute atomic E-state index is 12.9. The van der Waals surface area contributed by atoms with Crippen LogP contribution in [0.2, 0.25) is 0 Å². The van der Waals surface area contributed by atoms with E-state index in [0.717, 1.165) is 44.5 Å². The van der Waals surface area contributed by atoms with E-state index in [4.69, 9.17) is 0 Å². The average molecular weight is 397 g/mol. The van der Waals surface area contributed by atoms with Crippen molar-refractivity contribution < 1.29 is 14.7 Å². The summed E-state index contributed by atoms with van der Waals surface area (Å²) in [5.41, 5.74) is 2.35. The number of hydrogen-bond donors (Lipinski definition) is 2. The van der Waals surface area contributed by atoms with Crippen LogP contribution in [0.3, 0.4) is 0 Å². The molecule has 1 atom stereocenters. The number of hydrogen-bond acceptors (Lipinski definition) is 5. The number of anilines is 1. The molecule has 2 fully saturated rings. The van der Waals surface area contributed by atoms with E-state index in [2.05, 4.69) is 15.3 Å². The molecule has 8 heteroatoms. The number of β-amino-alcohol motifs (C(OH)–C–C–N with tert-alkyl or cyclic N) is 1. The summed E-state index contributed by atoms with van der Waals surface area (Å²) in [7, 11) is 1.79. The molecule has 3 heterocycles. The number of benzene rings is 1. The molecule has 0 radical (unpaired) electrons. The van der Waals surface area contributed by atoms with Crippen LogP contribution in [0, 0.1) is 0 Å². The normalized spacial score (nSPS) is 19.7. The summed E-state index contributed by atoms with van der Waals surface area (Å²) in [6.45, 7) is 3.56. The molecule has 2 saturated heterocycles. The molecule has 0 saturated carbocycles. The molecule has 1 unspecified atom stereocenters. The van der Waals surface area contributed by atoms with Crippen molar-refractivity contribution in [3.05, 3.63) is 47.3 Å². The molecule has 2 amide bonds. The van der Waals surface area contributed by atoms with Gasteiger partial charge in [-0.25, -0.2) is 0 Å². The minimum absolute atomic E-state index is 0.00437. The summed E-state index contributed by atoms with van der Waals surface area (Å²) in [4.78, 5) is 29.4. The maximum Gasteiger partial charge on any atom is 0.276 e. The van der Waals surface area contributed by atoms with Crippen LogP contribution < -0.4 is 5.32 Å². The molecule has 2 aromatic rings. The van der Waals surface area contributed by atoms with Gasteiger partial charge >= 0.3 is 0 Å². The molecule has 4 rings (SSSR count). The lowest BCUT2D eigenvalue weighted by Gasteiger charge is -2.16. The van der Waals surface area contributed by atoms with E-state index in [0.29, 0.717) is 30.0 Å². The Balaban J connectivity index is 1.47. The monoisotopic (exact) mass is 397 g/mol. The van der Waals surface area contributed by atoms with Gasteiger partial charge in [0.15, 0.2) is 5.69 Å². The van der Waals surface area contributed by atoms with E-state index >= 15 is 0 Å². The Morgan fingerprint density at radius 1 is 1.24 bits per heavy atom. The molecule has 1 aromatic heterocycles. The Morgan fingerprint density at radius 3 is 2.76 bits per heavy atom. The predicted molar refractivity (Wildman–Crippen MR) is 109 cm³/mol. The third-order valence-electron chi connectivity index (χ3n) is 5.52. The van der Waals surface area contributed by atoms with Crippen molar-refractivity contribution >= 4 is 17.5 Å². The molecule has 154 valence electrons. The second kappa shape index (κ2) is 8.34. The molecule has 2 N–H and O–H groups in total. The van der Waals surface area contributed by atoms with Crippen LogP contribution in [0.1, 0.15) is 45.7 Å². The lowest BCUT2D eigenvalue weighted by atomic mass is 10.1. The summed E-state index contributed by atoms with van der Waals surface area (Å²) >= 11 is 0. The first kappa shape index (κ1) is 19.6. The smallest absolute Gasteiger partial charge is 0.276 e. The summed E-state index contributed by atoms with van der Waals surface area (Å²) in [5.74, 6) is -0.296. The van der Waals surface area contributed by atoms with Gasteiger partial charge in [0.2, 0.25) is 0 Å². The number of aryl methyl sites for hydroxylation is 1. The topological polar surface area (TPSA) is 90.7 Å². The quantitative estimate of drug-likeness (QED) is 0.798. The number of nitrogens with one attached hydrogen (secondary N) is 1. The second-order valence-electron chi connectivity index (χ2n) is 7.89. The van der Waals surface area contributed by atoms with Crippen LogP contribution in [0.15, 0.2) is 30.5 Å². The van der Waals surface area contributed by atoms with Crippen molar-refractivity contribution in [2.75, 3.05) is 31.5 Å². The molecular formula is C21H27N5O3. The third kappa shape index (κ3) is 4.49. The minimum atomic E-state index is -0.306. The van der Waals surface area contributed by atoms with Crippen LogP contribution in [0.5, 0.6) is 0 Å². The van der Waals surface area contributed by atoms with Gasteiger partial charge in [-0.15, -0.1) is 0 Å². The highest BCUT2D eigenvalue weighted by molar-refractivity contribution is 6.04. The molecule has 2 aliphatic rings. The first-order chi connectivity index (χ1) is 14.0. The molecule has 2 aliphatic heterocycles. The first-order valence-electron chi connectivity index (χ1n) is 10.1. The Kier molecular flexibility index (Phi) is 5.64. The van der Waals surface area contributed by atoms with E-state index in [1.165, 1.54) is 0 Å². The zero-order valence-corrected chi connectivity index (χ0v) is 16.7. The standard InChI is InChI=1S/C21H27N5O3/c1-24-12-16(13-25-10-7-18(27)14-25)19(23-24)20(28)22-17-6-4-5-15(11-17)21(29)26-8-2-3-9-26/h4-6,11-12,18,27H,2-3,7-10,13-14H2,1H3,(H,22,28). The maximum atomic E-state index is 12.9. The number of aliphatic hydroxyl groups excluding tert-OH is 1. The molecule has 0 spiro atoms. The van der Waals surface area contributed by atoms with Crippen molar-refractivity contribution in [1.29, 1.82) is 0 Å². The molecule has 1 aromatic carbocycles. The van der Waals surface area contributed by atoms with E-state index in [-0.39, 0.29) is 17.9 Å². The minimum Gasteiger partial charge on any atom is -0.392 e. The fraction of sp³-hybridized carbons (Fsp3) is 0.476. The van der Waals surface area contributed by atoms with Crippen LogP contribution in [-0.2, 0) is 13.6 Å². The largest absolute Gasteiger partial charge is 0.392 e. The number of rotatable bonds is 5. The van der Waals surface area contributed by atoms with Crippen LogP contribution >= 0.6 is 0 Å². The van der Waals surface area contributed by atoms with E-state index < -0.39 is 0 Å². The van der Waals surface area contributed by atoms with Gasteiger partial charge in [0.1, 0.15) is 0 Å². The Labute approximate surface area is 170 Å². The van der Waals surface area contributed by atoms with Crippen LogP contribution in [0.25, 0.3) is 0 Å². The number of carbonyl (C=O) groups is 2. The predicted octanol–water partition coefficient (Wildman–Crippen LogP) is 1.47. The van der Waals surface area contributed by atoms with Gasteiger partial charge in [-0.2, -0.15) is 5.10 Å². The van der Waals surface area contributed by atoms with Gasteiger partial charge in [0.05, 0.1) is 6.10 Å². The highest BCUT2D eigenvalue weighted by atomic mass is 16.3. The van der Waals surface area contributed by atoms with Gasteiger partial charge in [0.25, 0.3) is 11.8 Å². The van der Waals surface area contributed by atoms with Crippen molar-refractivity contribution in [3.8, 4) is 0 Å². The lowest BCUT2D eigenvalue weighted by molar-refractivity contribution is 0.0792. The van der Waals surface area contributed by atoms with Gasteiger partial charge < -0.3 is 15.3 Å². The van der Waals surface area contributed by atoms with Crippen molar-refractivity contribution in [2.24, 2.45) is 7.05 Å². The Morgan fingerprint density at radius 2 is 2.03 bits per heavy atom. The first-order valence-corrected chi connectivity index (χ1v) is 10.1. The summed E-state index contributed by atoms with van der Waals surface area (Å²) < 4.78 is 1.63. The zero-order valence-electron chi connectivity index (χ0n) is 16.7. The Bertz CT molecular complexity index is 903. The van der Waals surface area contributed by atoms with Gasteiger partial charge in [-0.3, -0.25) is 19.2 Å². The second-order valence-corrected chi connectivity index (χ2v) is 7.89. The summed E-state index contributed by atoms with van der Waals surface area (Å²) in [6.07, 6.45) is 4.36. The van der Waals surface area contributed by atoms with Crippen LogP contribution in [0.4, 0.5) is 5.69 Å². The fourth-order valence-corrected chi connectivity index (χ4v) is 4.06. The van der Waals surface area contributed by atoms with E-state index in [1.807, 2.05) is 11.1 Å². The zero-order chi connectivity index (χ0) is 20.4. The number of aliphatic hydroxyl groups is 1. The van der Waals surface area contributed by atoms with E-state index in [9.17, 15) is 14.7 Å². The van der Waals surface area contributed by atoms with Gasteiger partial charge in [0, 0.05) is 62.8 Å². The SMILES string of the molecule is Cn1cc(CN2CCC(O)C2)c(C(=O)Nc2cccc(C(=O)N3CCCC3)c2)n1. The number of carbonyl (C=O) groups excluding carboxylic acids is 2. The highest BCUT2D eigenvalue weighted by Gasteiger charge is 2.24. The molecule has 0 aliphatic carbocycles. The molecule has 8 nitrogen and oxygen atoms in total. The van der Waals surface area contributed by atoms with Gasteiger partial charge in [-0.05, 0) is 37.5 Å². The highest BCUT2D eigenvalue weighted by Crippen LogP contribution is 2.19. The molecule has 29 heavy (non-hydrogen) atoms. The summed E-state index contributed by atoms with van der Waals surface area (Å²) in [6, 6.07) is 7.06. The lowest BCUT2D eigenvalue weighted by Crippen LogP contribution is -2.27. The third-order valence-corrected chi connectivity index (χ3v) is 5.52. The number of aromatic nitrogens is 2. The fourth-order valence-electron chi connectivity index (χ4n) is 4.06. The van der Waals surface area contributed by atoms with Gasteiger partial charge in [-0.1, -0.05) is 6.07 Å². The molecule has 0 bridgehead atoms. The number of nitrogens with zero attached hydrogens (tertiary/aromatic N) is 4. The van der Waals surface area contributed by atoms with E-state index in [1.54, 1.807) is 36.0 Å². The summed E-state index contributed by atoms with van der Waals surface area (Å²) in [5, 5.41) is 16.9. The van der Waals surface area contributed by atoms with Crippen molar-refractivity contribution in [3.63, 3.8) is 0 Å².